The zero-order valence-corrected chi connectivity index (χ0v) is 18.4. The van der Waals surface area contributed by atoms with Crippen LogP contribution in [0.1, 0.15) is 24.0 Å². The van der Waals surface area contributed by atoms with Crippen molar-refractivity contribution < 1.29 is 4.79 Å². The molecule has 4 rings (SSSR count). The Kier molecular flexibility index (Phi) is 6.09. The summed E-state index contributed by atoms with van der Waals surface area (Å²) in [6.45, 7) is 5.43. The summed E-state index contributed by atoms with van der Waals surface area (Å²) < 4.78 is 1.35. The molecule has 0 radical (unpaired) electrons. The number of amides is 1. The minimum absolute atomic E-state index is 0.0103. The first-order valence-electron chi connectivity index (χ1n) is 10.4. The molecule has 0 saturated carbocycles. The molecule has 1 aliphatic rings. The van der Waals surface area contributed by atoms with E-state index in [9.17, 15) is 9.59 Å². The molecule has 1 atom stereocenters. The van der Waals surface area contributed by atoms with E-state index in [1.807, 2.05) is 25.1 Å². The number of benzene rings is 2. The summed E-state index contributed by atoms with van der Waals surface area (Å²) in [4.78, 5) is 27.3. The number of nitrogens with one attached hydrogen (secondary N) is 1. The molecule has 0 spiro atoms. The monoisotopic (exact) mass is 436 g/mol. The summed E-state index contributed by atoms with van der Waals surface area (Å²) in [5, 5.41) is 8.13. The lowest BCUT2D eigenvalue weighted by Gasteiger charge is -2.33. The van der Waals surface area contributed by atoms with Crippen molar-refractivity contribution in [1.82, 2.24) is 9.78 Å². The lowest BCUT2D eigenvalue weighted by molar-refractivity contribution is -0.120. The Hall–Kier alpha value is -3.12. The van der Waals surface area contributed by atoms with Crippen LogP contribution in [0.5, 0.6) is 0 Å². The van der Waals surface area contributed by atoms with Crippen LogP contribution in [0.2, 0.25) is 5.02 Å². The maximum absolute atomic E-state index is 12.9. The van der Waals surface area contributed by atoms with Crippen molar-refractivity contribution in [3.63, 3.8) is 0 Å². The summed E-state index contributed by atoms with van der Waals surface area (Å²) in [7, 11) is 0. The standard InChI is InChI=1S/C24H25ClN4O2/c1-16-8-9-20(13-17(16)2)26-24(31)18-5-4-12-28(15-18)22-10-11-23(30)29(27-22)21-7-3-6-19(25)14-21/h3,6-11,13-14,18H,4-5,12,15H2,1-2H3,(H,26,31)/t18-/m0/s1. The summed E-state index contributed by atoms with van der Waals surface area (Å²) in [5.41, 5.74) is 3.54. The molecule has 6 nitrogen and oxygen atoms in total. The Morgan fingerprint density at radius 1 is 1.10 bits per heavy atom. The SMILES string of the molecule is Cc1ccc(NC(=O)[C@H]2CCCN(c3ccc(=O)n(-c4cccc(Cl)c4)n3)C2)cc1C. The van der Waals surface area contributed by atoms with Crippen LogP contribution in [0.25, 0.3) is 5.69 Å². The van der Waals surface area contributed by atoms with Crippen LogP contribution in [-0.4, -0.2) is 28.8 Å². The summed E-state index contributed by atoms with van der Waals surface area (Å²) in [6, 6.07) is 16.2. The van der Waals surface area contributed by atoms with E-state index in [0.29, 0.717) is 23.1 Å². The van der Waals surface area contributed by atoms with Gasteiger partial charge in [-0.2, -0.15) is 4.68 Å². The molecule has 160 valence electrons. The van der Waals surface area contributed by atoms with Gasteiger partial charge in [0.15, 0.2) is 0 Å². The van der Waals surface area contributed by atoms with Gasteiger partial charge in [0.2, 0.25) is 5.91 Å². The molecule has 0 aliphatic carbocycles. The number of carbonyl (C=O) groups is 1. The molecule has 1 fully saturated rings. The molecule has 1 aromatic heterocycles. The Labute approximate surface area is 186 Å². The molecule has 1 aliphatic heterocycles. The first-order valence-corrected chi connectivity index (χ1v) is 10.8. The van der Waals surface area contributed by atoms with Crippen molar-refractivity contribution in [3.8, 4) is 5.69 Å². The second kappa shape index (κ2) is 8.94. The van der Waals surface area contributed by atoms with E-state index in [1.54, 1.807) is 30.3 Å². The predicted octanol–water partition coefficient (Wildman–Crippen LogP) is 4.36. The van der Waals surface area contributed by atoms with Gasteiger partial charge in [-0.25, -0.2) is 0 Å². The third kappa shape index (κ3) is 4.80. The van der Waals surface area contributed by atoms with Gasteiger partial charge in [0.1, 0.15) is 5.82 Å². The van der Waals surface area contributed by atoms with Crippen LogP contribution in [0, 0.1) is 19.8 Å². The van der Waals surface area contributed by atoms with Gasteiger partial charge in [-0.3, -0.25) is 9.59 Å². The van der Waals surface area contributed by atoms with Crippen LogP contribution < -0.4 is 15.8 Å². The third-order valence-electron chi connectivity index (χ3n) is 5.73. The molecule has 2 aromatic carbocycles. The minimum atomic E-state index is -0.230. The number of hydrogen-bond acceptors (Lipinski definition) is 4. The maximum Gasteiger partial charge on any atom is 0.271 e. The van der Waals surface area contributed by atoms with Crippen LogP contribution in [0.4, 0.5) is 11.5 Å². The van der Waals surface area contributed by atoms with E-state index >= 15 is 0 Å². The number of aromatic nitrogens is 2. The molecule has 7 heteroatoms. The lowest BCUT2D eigenvalue weighted by atomic mass is 9.97. The number of anilines is 2. The average Bonchev–Trinajstić information content (AvgIpc) is 2.77. The van der Waals surface area contributed by atoms with Gasteiger partial charge < -0.3 is 10.2 Å². The van der Waals surface area contributed by atoms with E-state index in [4.69, 9.17) is 11.6 Å². The van der Waals surface area contributed by atoms with Gasteiger partial charge in [0.05, 0.1) is 11.6 Å². The normalized spacial score (nSPS) is 16.2. The first-order chi connectivity index (χ1) is 14.9. The molecule has 0 unspecified atom stereocenters. The Balaban J connectivity index is 1.52. The molecule has 1 amide bonds. The van der Waals surface area contributed by atoms with Crippen molar-refractivity contribution in [1.29, 1.82) is 0 Å². The second-order valence-electron chi connectivity index (χ2n) is 7.99. The quantitative estimate of drug-likeness (QED) is 0.660. The number of rotatable bonds is 4. The van der Waals surface area contributed by atoms with E-state index in [2.05, 4.69) is 22.2 Å². The highest BCUT2D eigenvalue weighted by atomic mass is 35.5. The fraction of sp³-hybridized carbons (Fsp3) is 0.292. The molecular formula is C24H25ClN4O2. The van der Waals surface area contributed by atoms with Gasteiger partial charge >= 0.3 is 0 Å². The highest BCUT2D eigenvalue weighted by molar-refractivity contribution is 6.30. The van der Waals surface area contributed by atoms with Crippen molar-refractivity contribution >= 4 is 29.0 Å². The predicted molar refractivity (Wildman–Crippen MR) is 124 cm³/mol. The molecular weight excluding hydrogens is 412 g/mol. The van der Waals surface area contributed by atoms with Gasteiger partial charge in [-0.15, -0.1) is 5.10 Å². The molecule has 1 saturated heterocycles. The van der Waals surface area contributed by atoms with E-state index < -0.39 is 0 Å². The summed E-state index contributed by atoms with van der Waals surface area (Å²) in [5.74, 6) is 0.531. The van der Waals surface area contributed by atoms with Crippen molar-refractivity contribution in [2.24, 2.45) is 5.92 Å². The largest absolute Gasteiger partial charge is 0.354 e. The number of carbonyl (C=O) groups excluding carboxylic acids is 1. The smallest absolute Gasteiger partial charge is 0.271 e. The van der Waals surface area contributed by atoms with Gasteiger partial charge in [-0.05, 0) is 74.2 Å². The average molecular weight is 437 g/mol. The van der Waals surface area contributed by atoms with Crippen LogP contribution in [0.3, 0.4) is 0 Å². The van der Waals surface area contributed by atoms with Crippen LogP contribution >= 0.6 is 11.6 Å². The Morgan fingerprint density at radius 2 is 1.94 bits per heavy atom. The zero-order chi connectivity index (χ0) is 22.0. The summed E-state index contributed by atoms with van der Waals surface area (Å²) >= 11 is 6.08. The topological polar surface area (TPSA) is 67.2 Å². The van der Waals surface area contributed by atoms with Gasteiger partial charge in [0, 0.05) is 29.9 Å². The second-order valence-corrected chi connectivity index (χ2v) is 8.43. The number of nitrogens with zero attached hydrogens (tertiary/aromatic N) is 3. The van der Waals surface area contributed by atoms with Crippen molar-refractivity contribution in [3.05, 3.63) is 81.1 Å². The van der Waals surface area contributed by atoms with Crippen LogP contribution in [0.15, 0.2) is 59.4 Å². The number of aryl methyl sites for hydroxylation is 2. The van der Waals surface area contributed by atoms with Crippen molar-refractivity contribution in [2.45, 2.75) is 26.7 Å². The highest BCUT2D eigenvalue weighted by Gasteiger charge is 2.27. The van der Waals surface area contributed by atoms with Crippen molar-refractivity contribution in [2.75, 3.05) is 23.3 Å². The fourth-order valence-corrected chi connectivity index (χ4v) is 4.01. The highest BCUT2D eigenvalue weighted by Crippen LogP contribution is 2.23. The summed E-state index contributed by atoms with van der Waals surface area (Å²) in [6.07, 6.45) is 1.70. The molecule has 3 aromatic rings. The van der Waals surface area contributed by atoms with E-state index in [0.717, 1.165) is 30.6 Å². The number of hydrogen-bond donors (Lipinski definition) is 1. The number of piperidine rings is 1. The molecule has 0 bridgehead atoms. The number of halogens is 1. The molecule has 31 heavy (non-hydrogen) atoms. The lowest BCUT2D eigenvalue weighted by Crippen LogP contribution is -2.41. The zero-order valence-electron chi connectivity index (χ0n) is 17.6. The Morgan fingerprint density at radius 3 is 2.71 bits per heavy atom. The van der Waals surface area contributed by atoms with Gasteiger partial charge in [-0.1, -0.05) is 23.7 Å². The third-order valence-corrected chi connectivity index (χ3v) is 5.96. The van der Waals surface area contributed by atoms with Crippen LogP contribution in [-0.2, 0) is 4.79 Å². The first kappa shape index (κ1) is 21.1. The minimum Gasteiger partial charge on any atom is -0.354 e. The molecule has 1 N–H and O–H groups in total. The van der Waals surface area contributed by atoms with E-state index in [-0.39, 0.29) is 17.4 Å². The Bertz CT molecular complexity index is 1170. The maximum atomic E-state index is 12.9. The molecule has 2 heterocycles. The van der Waals surface area contributed by atoms with E-state index in [1.165, 1.54) is 16.3 Å². The fourth-order valence-electron chi connectivity index (χ4n) is 3.83. The van der Waals surface area contributed by atoms with Gasteiger partial charge in [0.25, 0.3) is 5.56 Å².